The number of pyridine rings is 3. The van der Waals surface area contributed by atoms with Gasteiger partial charge in [-0.05, 0) is 90.3 Å². The molecule has 281 valence electrons. The Morgan fingerprint density at radius 3 is 2.17 bits per heavy atom. The van der Waals surface area contributed by atoms with Gasteiger partial charge in [0.25, 0.3) is 0 Å². The van der Waals surface area contributed by atoms with Gasteiger partial charge in [-0.15, -0.1) is 59.7 Å². The van der Waals surface area contributed by atoms with Gasteiger partial charge in [0.05, 0.1) is 19.4 Å². The van der Waals surface area contributed by atoms with Crippen LogP contribution >= 0.6 is 0 Å². The predicted octanol–water partition coefficient (Wildman–Crippen LogP) is 12.7. The van der Waals surface area contributed by atoms with Crippen molar-refractivity contribution in [2.45, 2.75) is 93.2 Å². The molecule has 0 unspecified atom stereocenters. The number of nitrogens with zero attached hydrogens (tertiary/aromatic N) is 3. The summed E-state index contributed by atoms with van der Waals surface area (Å²) in [5, 5.41) is 3.16. The van der Waals surface area contributed by atoms with E-state index in [9.17, 15) is 0 Å². The smallest absolute Gasteiger partial charge is 0.216 e. The van der Waals surface area contributed by atoms with Crippen molar-refractivity contribution in [2.24, 2.45) is 5.41 Å². The molecule has 0 aliphatic rings. The fourth-order valence-corrected chi connectivity index (χ4v) is 8.37. The van der Waals surface area contributed by atoms with Crippen LogP contribution in [-0.2, 0) is 26.5 Å². The Hall–Kier alpha value is -4.22. The van der Waals surface area contributed by atoms with Gasteiger partial charge >= 0.3 is 0 Å². The second-order valence-corrected chi connectivity index (χ2v) is 21.1. The van der Waals surface area contributed by atoms with E-state index in [0.29, 0.717) is 11.6 Å². The van der Waals surface area contributed by atoms with Gasteiger partial charge < -0.3 is 14.4 Å². The van der Waals surface area contributed by atoms with E-state index in [1.165, 1.54) is 22.3 Å². The van der Waals surface area contributed by atoms with E-state index in [0.717, 1.165) is 68.2 Å². The number of aromatic nitrogens is 3. The second kappa shape index (κ2) is 17.1. The first-order chi connectivity index (χ1) is 26.0. The molecule has 0 fully saturated rings. The van der Waals surface area contributed by atoms with Gasteiger partial charge in [0.2, 0.25) is 5.71 Å². The van der Waals surface area contributed by atoms with Crippen molar-refractivity contribution in [1.82, 2.24) is 15.0 Å². The molecular weight excluding hydrogens is 855 g/mol. The number of hydrogen-bond donors (Lipinski definition) is 0. The molecule has 0 aliphatic heterocycles. The number of rotatable bonds is 8. The summed E-state index contributed by atoms with van der Waals surface area (Å²) in [6, 6.07) is 35.1. The fourth-order valence-electron chi connectivity index (χ4n) is 6.97. The van der Waals surface area contributed by atoms with E-state index in [-0.39, 0.29) is 20.1 Å². The number of benzene rings is 3. The average Bonchev–Trinajstić information content (AvgIpc) is 3.52. The van der Waals surface area contributed by atoms with Crippen molar-refractivity contribution in [3.05, 3.63) is 132 Å². The predicted molar refractivity (Wildman–Crippen MR) is 226 cm³/mol. The number of aryl methyl sites for hydroxylation is 2. The average molecular weight is 910 g/mol. The zero-order valence-corrected chi connectivity index (χ0v) is 36.7. The van der Waals surface area contributed by atoms with Crippen molar-refractivity contribution in [3.63, 3.8) is 0 Å². The van der Waals surface area contributed by atoms with Crippen LogP contribution < -0.4 is 5.19 Å². The maximum Gasteiger partial charge on any atom is 0.216 e. The summed E-state index contributed by atoms with van der Waals surface area (Å²) in [4.78, 5) is 14.1. The molecular formula is C48H53IrN3OSi-2. The van der Waals surface area contributed by atoms with Crippen LogP contribution in [-0.4, -0.2) is 23.0 Å². The monoisotopic (exact) mass is 910 g/mol. The molecule has 0 amide bonds. The molecule has 0 aliphatic carbocycles. The van der Waals surface area contributed by atoms with Crippen LogP contribution in [0.1, 0.15) is 78.4 Å². The third-order valence-electron chi connectivity index (χ3n) is 9.73. The Kier molecular flexibility index (Phi) is 12.0. The van der Waals surface area contributed by atoms with Crippen LogP contribution in [0.2, 0.25) is 19.6 Å². The third kappa shape index (κ3) is 9.34. The first kappa shape index (κ1) is 38.1. The SMILES string of the molecule is CCC(CC)c1ccnc(-c2[c-]cc3oc4nc(-c5c(C)cccc5C)ccc4c3c2)c1.[2H]C([2H])(c1cc(-c2[c-]cccc2)ncc1[Si](C)(C)C)C(C)(C)C.[Ir]. The van der Waals surface area contributed by atoms with Gasteiger partial charge in [-0.1, -0.05) is 101 Å². The number of hydrogen-bond acceptors (Lipinski definition) is 4. The van der Waals surface area contributed by atoms with Crippen molar-refractivity contribution >= 4 is 35.3 Å². The van der Waals surface area contributed by atoms with Crippen molar-refractivity contribution < 1.29 is 27.3 Å². The van der Waals surface area contributed by atoms with Gasteiger partial charge in [-0.25, -0.2) is 4.98 Å². The third-order valence-corrected chi connectivity index (χ3v) is 11.7. The Morgan fingerprint density at radius 2 is 1.52 bits per heavy atom. The van der Waals surface area contributed by atoms with Crippen molar-refractivity contribution in [1.29, 1.82) is 0 Å². The van der Waals surface area contributed by atoms with Crippen LogP contribution in [0.25, 0.3) is 55.8 Å². The van der Waals surface area contributed by atoms with Gasteiger partial charge in [-0.2, -0.15) is 0 Å². The molecule has 4 heterocycles. The Morgan fingerprint density at radius 1 is 0.796 bits per heavy atom. The molecule has 0 spiro atoms. The van der Waals surface area contributed by atoms with E-state index in [1.807, 2.05) is 69.6 Å². The summed E-state index contributed by atoms with van der Waals surface area (Å²) < 4.78 is 23.6. The first-order valence-electron chi connectivity index (χ1n) is 19.8. The quantitative estimate of drug-likeness (QED) is 0.113. The Labute approximate surface area is 340 Å². The van der Waals surface area contributed by atoms with Gasteiger partial charge in [-0.3, -0.25) is 0 Å². The minimum atomic E-state index is -1.70. The molecule has 0 atom stereocenters. The normalized spacial score (nSPS) is 12.6. The molecule has 0 bridgehead atoms. The van der Waals surface area contributed by atoms with Gasteiger partial charge in [0.15, 0.2) is 0 Å². The molecule has 7 rings (SSSR count). The zero-order chi connectivity index (χ0) is 39.7. The molecule has 7 aromatic rings. The minimum absolute atomic E-state index is 0. The summed E-state index contributed by atoms with van der Waals surface area (Å²) in [5.41, 5.74) is 11.3. The number of furan rings is 1. The standard InChI is InChI=1S/C29H27N2O.C19H26NSi.Ir/c1-5-20(6-2)21-14-15-30-26(17-21)22-10-13-27-24(16-22)23-11-12-25(31-29(23)32-27)28-18(3)8-7-9-19(28)4;1-19(2,3)13-16-12-17(15-10-8-7-9-11-15)20-14-18(16)21(4,5)6;/h7-9,11-17,20H,5-6H2,1-4H3;7-10,12,14H,13H2,1-6H3;/q2*-1;/i;13D2;. The zero-order valence-electron chi connectivity index (χ0n) is 35.3. The van der Waals surface area contributed by atoms with E-state index in [2.05, 4.69) is 118 Å². The summed E-state index contributed by atoms with van der Waals surface area (Å²) in [6.45, 7) is 21.3. The van der Waals surface area contributed by atoms with E-state index >= 15 is 0 Å². The number of fused-ring (bicyclic) bond motifs is 3. The van der Waals surface area contributed by atoms with Gasteiger partial charge in [0.1, 0.15) is 0 Å². The molecule has 6 heteroatoms. The summed E-state index contributed by atoms with van der Waals surface area (Å²) >= 11 is 0. The van der Waals surface area contributed by atoms with E-state index in [1.54, 1.807) is 0 Å². The van der Waals surface area contributed by atoms with Crippen LogP contribution in [0.5, 0.6) is 0 Å². The maximum absolute atomic E-state index is 8.75. The minimum Gasteiger partial charge on any atom is -0.486 e. The van der Waals surface area contributed by atoms with Crippen molar-refractivity contribution in [3.8, 4) is 33.8 Å². The Balaban J connectivity index is 0.000000223. The summed E-state index contributed by atoms with van der Waals surface area (Å²) in [5.74, 6) is 0.558. The summed E-state index contributed by atoms with van der Waals surface area (Å²) in [6.07, 6.45) is 4.64. The molecule has 54 heavy (non-hydrogen) atoms. The largest absolute Gasteiger partial charge is 0.486 e. The van der Waals surface area contributed by atoms with Crippen LogP contribution in [0.4, 0.5) is 0 Å². The van der Waals surface area contributed by atoms with Crippen LogP contribution in [0.15, 0.2) is 102 Å². The fraction of sp³-hybridized carbons (Fsp3) is 0.312. The topological polar surface area (TPSA) is 51.8 Å². The van der Waals surface area contributed by atoms with Crippen LogP contribution in [0.3, 0.4) is 0 Å². The van der Waals surface area contributed by atoms with E-state index in [4.69, 9.17) is 12.1 Å². The molecule has 3 aromatic carbocycles. The van der Waals surface area contributed by atoms with E-state index < -0.39 is 19.9 Å². The molecule has 0 saturated carbocycles. The molecule has 4 aromatic heterocycles. The van der Waals surface area contributed by atoms with Crippen molar-refractivity contribution in [2.75, 3.05) is 0 Å². The summed E-state index contributed by atoms with van der Waals surface area (Å²) in [7, 11) is -1.70. The molecule has 0 N–H and O–H groups in total. The van der Waals surface area contributed by atoms with Crippen LogP contribution in [0, 0.1) is 31.4 Å². The second-order valence-electron chi connectivity index (χ2n) is 16.0. The molecule has 1 radical (unpaired) electrons. The first-order valence-corrected chi connectivity index (χ1v) is 22.3. The molecule has 4 nitrogen and oxygen atoms in total. The maximum atomic E-state index is 8.75. The Bertz CT molecular complexity index is 2420. The molecule has 0 saturated heterocycles. The van der Waals surface area contributed by atoms with Gasteiger partial charge in [0, 0.05) is 46.2 Å².